The highest BCUT2D eigenvalue weighted by Gasteiger charge is 2.29. The molecule has 36 heavy (non-hydrogen) atoms. The predicted molar refractivity (Wildman–Crippen MR) is 143 cm³/mol. The zero-order valence-corrected chi connectivity index (χ0v) is 21.1. The highest BCUT2D eigenvalue weighted by molar-refractivity contribution is 8.04. The van der Waals surface area contributed by atoms with Crippen molar-refractivity contribution in [3.63, 3.8) is 0 Å². The molecule has 1 saturated carbocycles. The average Bonchev–Trinajstić information content (AvgIpc) is 2.89. The normalized spacial score (nSPS) is 20.8. The molecule has 4 nitrogen and oxygen atoms in total. The molecular formula is C30H29FN2O2S. The van der Waals surface area contributed by atoms with Gasteiger partial charge in [-0.1, -0.05) is 67.9 Å². The van der Waals surface area contributed by atoms with E-state index in [4.69, 9.17) is 0 Å². The fourth-order valence-electron chi connectivity index (χ4n) is 4.86. The van der Waals surface area contributed by atoms with Gasteiger partial charge in [-0.2, -0.15) is 0 Å². The average molecular weight is 501 g/mol. The van der Waals surface area contributed by atoms with Gasteiger partial charge in [0.2, 0.25) is 0 Å². The number of amides is 2. The number of benzene rings is 3. The van der Waals surface area contributed by atoms with Crippen LogP contribution in [0.25, 0.3) is 6.08 Å². The SMILES string of the molecule is CC1CCCCC1NC(=O)c1ccc(/C=C2\Sc3ccccc3N(Cc3ccc(F)cc3)C2=O)cc1. The number of nitrogens with zero attached hydrogens (tertiary/aromatic N) is 1. The van der Waals surface area contributed by atoms with Crippen LogP contribution in [0.15, 0.2) is 82.6 Å². The van der Waals surface area contributed by atoms with Crippen LogP contribution < -0.4 is 10.2 Å². The standard InChI is InChI=1S/C30H29FN2O2S/c1-20-6-2-3-7-25(20)32-29(34)23-14-10-21(11-15-23)18-28-30(35)33(19-22-12-16-24(31)17-13-22)26-8-4-5-9-27(26)36-28/h4-5,8-18,20,25H,2-3,6-7,19H2,1H3,(H,32,34)/b28-18-. The minimum atomic E-state index is -0.300. The minimum Gasteiger partial charge on any atom is -0.349 e. The van der Waals surface area contributed by atoms with E-state index in [9.17, 15) is 14.0 Å². The summed E-state index contributed by atoms with van der Waals surface area (Å²) in [5, 5.41) is 3.19. The first kappa shape index (κ1) is 24.3. The van der Waals surface area contributed by atoms with E-state index in [-0.39, 0.29) is 23.7 Å². The van der Waals surface area contributed by atoms with Crippen LogP contribution in [0, 0.1) is 11.7 Å². The van der Waals surface area contributed by atoms with E-state index < -0.39 is 0 Å². The first-order chi connectivity index (χ1) is 17.5. The lowest BCUT2D eigenvalue weighted by Gasteiger charge is -2.30. The van der Waals surface area contributed by atoms with Crippen LogP contribution in [0.3, 0.4) is 0 Å². The summed E-state index contributed by atoms with van der Waals surface area (Å²) in [5.74, 6) is 0.0547. The largest absolute Gasteiger partial charge is 0.349 e. The number of hydrogen-bond donors (Lipinski definition) is 1. The van der Waals surface area contributed by atoms with Crippen molar-refractivity contribution in [3.05, 3.63) is 100 Å². The Morgan fingerprint density at radius 2 is 1.75 bits per heavy atom. The van der Waals surface area contributed by atoms with Gasteiger partial charge in [0.1, 0.15) is 5.82 Å². The zero-order valence-electron chi connectivity index (χ0n) is 20.2. The Balaban J connectivity index is 1.35. The van der Waals surface area contributed by atoms with Crippen LogP contribution in [0.4, 0.5) is 10.1 Å². The Hall–Kier alpha value is -3.38. The minimum absolute atomic E-state index is 0.0459. The van der Waals surface area contributed by atoms with Gasteiger partial charge in [0.25, 0.3) is 11.8 Å². The summed E-state index contributed by atoms with van der Waals surface area (Å²) >= 11 is 1.44. The third-order valence-electron chi connectivity index (χ3n) is 6.98. The van der Waals surface area contributed by atoms with Crippen molar-refractivity contribution >= 4 is 35.3 Å². The van der Waals surface area contributed by atoms with Gasteiger partial charge in [-0.05, 0) is 72.4 Å². The first-order valence-corrected chi connectivity index (χ1v) is 13.3. The summed E-state index contributed by atoms with van der Waals surface area (Å²) in [6.07, 6.45) is 6.45. The second-order valence-electron chi connectivity index (χ2n) is 9.56. The topological polar surface area (TPSA) is 49.4 Å². The van der Waals surface area contributed by atoms with E-state index in [1.807, 2.05) is 54.6 Å². The Bertz CT molecular complexity index is 1290. The van der Waals surface area contributed by atoms with Crippen LogP contribution in [0.2, 0.25) is 0 Å². The van der Waals surface area contributed by atoms with E-state index in [0.717, 1.165) is 41.0 Å². The second kappa shape index (κ2) is 10.7. The van der Waals surface area contributed by atoms with Crippen molar-refractivity contribution in [3.8, 4) is 0 Å². The molecule has 1 heterocycles. The Labute approximate surface area is 215 Å². The van der Waals surface area contributed by atoms with Gasteiger partial charge in [-0.3, -0.25) is 9.59 Å². The molecule has 0 spiro atoms. The van der Waals surface area contributed by atoms with Crippen molar-refractivity contribution in [2.75, 3.05) is 4.90 Å². The highest BCUT2D eigenvalue weighted by atomic mass is 32.2. The third-order valence-corrected chi connectivity index (χ3v) is 8.06. The van der Waals surface area contributed by atoms with Crippen LogP contribution in [0.1, 0.15) is 54.1 Å². The lowest BCUT2D eigenvalue weighted by atomic mass is 9.86. The molecule has 6 heteroatoms. The maximum Gasteiger partial charge on any atom is 0.265 e. The fourth-order valence-corrected chi connectivity index (χ4v) is 5.91. The lowest BCUT2D eigenvalue weighted by molar-refractivity contribution is -0.114. The van der Waals surface area contributed by atoms with E-state index in [2.05, 4.69) is 12.2 Å². The molecule has 2 atom stereocenters. The molecule has 2 unspecified atom stereocenters. The van der Waals surface area contributed by atoms with Crippen molar-refractivity contribution in [2.24, 2.45) is 5.92 Å². The van der Waals surface area contributed by atoms with E-state index in [1.54, 1.807) is 17.0 Å². The number of thioether (sulfide) groups is 1. The van der Waals surface area contributed by atoms with Gasteiger partial charge in [0.15, 0.2) is 0 Å². The van der Waals surface area contributed by atoms with Crippen LogP contribution >= 0.6 is 11.8 Å². The van der Waals surface area contributed by atoms with Crippen LogP contribution in [-0.4, -0.2) is 17.9 Å². The number of carbonyl (C=O) groups excluding carboxylic acids is 2. The van der Waals surface area contributed by atoms with E-state index in [1.165, 1.54) is 30.3 Å². The summed E-state index contributed by atoms with van der Waals surface area (Å²) in [7, 11) is 0. The van der Waals surface area contributed by atoms with Gasteiger partial charge in [0.05, 0.1) is 17.1 Å². The molecule has 3 aromatic rings. The fraction of sp³-hybridized carbons (Fsp3) is 0.267. The molecule has 1 N–H and O–H groups in total. The number of rotatable bonds is 5. The number of halogens is 1. The number of para-hydroxylation sites is 1. The Kier molecular flexibility index (Phi) is 7.23. The lowest BCUT2D eigenvalue weighted by Crippen LogP contribution is -2.41. The van der Waals surface area contributed by atoms with Gasteiger partial charge >= 0.3 is 0 Å². The number of nitrogens with one attached hydrogen (secondary N) is 1. The quantitative estimate of drug-likeness (QED) is 0.391. The molecule has 0 saturated heterocycles. The van der Waals surface area contributed by atoms with E-state index >= 15 is 0 Å². The molecule has 0 radical (unpaired) electrons. The maximum absolute atomic E-state index is 13.5. The molecule has 5 rings (SSSR count). The van der Waals surface area contributed by atoms with Gasteiger partial charge in [-0.15, -0.1) is 0 Å². The van der Waals surface area contributed by atoms with Gasteiger partial charge < -0.3 is 10.2 Å². The first-order valence-electron chi connectivity index (χ1n) is 12.4. The molecule has 1 fully saturated rings. The molecule has 0 aromatic heterocycles. The summed E-state index contributed by atoms with van der Waals surface area (Å²) in [6, 6.07) is 21.6. The number of carbonyl (C=O) groups is 2. The molecule has 0 bridgehead atoms. The van der Waals surface area contributed by atoms with Crippen molar-refractivity contribution < 1.29 is 14.0 Å². The molecule has 2 aliphatic rings. The third kappa shape index (κ3) is 5.39. The van der Waals surface area contributed by atoms with Crippen molar-refractivity contribution in [1.29, 1.82) is 0 Å². The number of anilines is 1. The van der Waals surface area contributed by atoms with Crippen LogP contribution in [0.5, 0.6) is 0 Å². The number of hydrogen-bond acceptors (Lipinski definition) is 3. The molecule has 2 amide bonds. The highest BCUT2D eigenvalue weighted by Crippen LogP contribution is 2.42. The van der Waals surface area contributed by atoms with Gasteiger partial charge in [-0.25, -0.2) is 4.39 Å². The van der Waals surface area contributed by atoms with Crippen molar-refractivity contribution in [2.45, 2.75) is 50.1 Å². The Morgan fingerprint density at radius 3 is 2.50 bits per heavy atom. The molecule has 1 aliphatic heterocycles. The maximum atomic E-state index is 13.5. The Morgan fingerprint density at radius 1 is 1.03 bits per heavy atom. The smallest absolute Gasteiger partial charge is 0.265 e. The summed E-state index contributed by atoms with van der Waals surface area (Å²) < 4.78 is 13.4. The zero-order chi connectivity index (χ0) is 25.1. The van der Waals surface area contributed by atoms with Gasteiger partial charge in [0, 0.05) is 16.5 Å². The summed E-state index contributed by atoms with van der Waals surface area (Å²) in [5.41, 5.74) is 3.18. The molecule has 3 aromatic carbocycles. The summed E-state index contributed by atoms with van der Waals surface area (Å²) in [4.78, 5) is 29.6. The predicted octanol–water partition coefficient (Wildman–Crippen LogP) is 6.81. The van der Waals surface area contributed by atoms with Crippen LogP contribution in [-0.2, 0) is 11.3 Å². The molecular weight excluding hydrogens is 471 g/mol. The monoisotopic (exact) mass is 500 g/mol. The molecule has 184 valence electrons. The van der Waals surface area contributed by atoms with E-state index in [0.29, 0.717) is 22.9 Å². The summed E-state index contributed by atoms with van der Waals surface area (Å²) in [6.45, 7) is 2.56. The van der Waals surface area contributed by atoms with Crippen molar-refractivity contribution in [1.82, 2.24) is 5.32 Å². The molecule has 1 aliphatic carbocycles. The number of fused-ring (bicyclic) bond motifs is 1. The second-order valence-corrected chi connectivity index (χ2v) is 10.6.